The minimum Gasteiger partial charge on any atom is -0.351 e. The van der Waals surface area contributed by atoms with E-state index in [-0.39, 0.29) is 11.7 Å². The SMILES string of the molecule is Cc1nc(CC(C)C)sc1C(=O)NCCc1ccccc1F. The van der Waals surface area contributed by atoms with Gasteiger partial charge < -0.3 is 5.32 Å². The van der Waals surface area contributed by atoms with Crippen LogP contribution in [0.2, 0.25) is 0 Å². The number of amides is 1. The fourth-order valence-corrected chi connectivity index (χ4v) is 3.38. The van der Waals surface area contributed by atoms with Crippen molar-refractivity contribution in [2.45, 2.75) is 33.6 Å². The van der Waals surface area contributed by atoms with Gasteiger partial charge in [-0.3, -0.25) is 4.79 Å². The Morgan fingerprint density at radius 3 is 2.77 bits per heavy atom. The summed E-state index contributed by atoms with van der Waals surface area (Å²) in [6.45, 7) is 6.53. The molecule has 0 radical (unpaired) electrons. The van der Waals surface area contributed by atoms with Crippen molar-refractivity contribution in [3.63, 3.8) is 0 Å². The zero-order chi connectivity index (χ0) is 16.1. The van der Waals surface area contributed by atoms with E-state index in [4.69, 9.17) is 0 Å². The third kappa shape index (κ3) is 4.37. The molecule has 5 heteroatoms. The Morgan fingerprint density at radius 2 is 2.09 bits per heavy atom. The first-order valence-electron chi connectivity index (χ1n) is 7.45. The molecule has 0 aliphatic carbocycles. The smallest absolute Gasteiger partial charge is 0.263 e. The van der Waals surface area contributed by atoms with Crippen LogP contribution in [0.25, 0.3) is 0 Å². The zero-order valence-electron chi connectivity index (χ0n) is 13.1. The number of aryl methyl sites for hydroxylation is 1. The van der Waals surface area contributed by atoms with Crippen LogP contribution in [-0.4, -0.2) is 17.4 Å². The highest BCUT2D eigenvalue weighted by Crippen LogP contribution is 2.20. The molecule has 22 heavy (non-hydrogen) atoms. The minimum atomic E-state index is -0.232. The summed E-state index contributed by atoms with van der Waals surface area (Å²) >= 11 is 1.45. The van der Waals surface area contributed by atoms with Gasteiger partial charge in [-0.2, -0.15) is 0 Å². The number of benzene rings is 1. The van der Waals surface area contributed by atoms with Crippen molar-refractivity contribution in [2.75, 3.05) is 6.54 Å². The van der Waals surface area contributed by atoms with Gasteiger partial charge in [-0.25, -0.2) is 9.37 Å². The van der Waals surface area contributed by atoms with Gasteiger partial charge in [-0.1, -0.05) is 32.0 Å². The summed E-state index contributed by atoms with van der Waals surface area (Å²) in [5, 5.41) is 3.84. The minimum absolute atomic E-state index is 0.124. The maximum Gasteiger partial charge on any atom is 0.263 e. The monoisotopic (exact) mass is 320 g/mol. The van der Waals surface area contributed by atoms with Crippen LogP contribution < -0.4 is 5.32 Å². The molecule has 0 atom stereocenters. The number of rotatable bonds is 6. The molecule has 3 nitrogen and oxygen atoms in total. The average Bonchev–Trinajstić information content (AvgIpc) is 2.80. The van der Waals surface area contributed by atoms with Crippen molar-refractivity contribution >= 4 is 17.2 Å². The van der Waals surface area contributed by atoms with Gasteiger partial charge in [0.05, 0.1) is 10.7 Å². The van der Waals surface area contributed by atoms with E-state index in [1.165, 1.54) is 17.4 Å². The first-order valence-corrected chi connectivity index (χ1v) is 8.27. The molecule has 1 aromatic carbocycles. The van der Waals surface area contributed by atoms with E-state index in [2.05, 4.69) is 24.1 Å². The number of hydrogen-bond acceptors (Lipinski definition) is 3. The molecule has 0 aliphatic rings. The molecule has 0 aliphatic heterocycles. The zero-order valence-corrected chi connectivity index (χ0v) is 14.0. The van der Waals surface area contributed by atoms with Crippen LogP contribution in [0.15, 0.2) is 24.3 Å². The molecule has 1 heterocycles. The maximum atomic E-state index is 13.5. The molecule has 2 aromatic rings. The number of halogens is 1. The molecule has 0 spiro atoms. The predicted molar refractivity (Wildman–Crippen MR) is 87.8 cm³/mol. The van der Waals surface area contributed by atoms with Gasteiger partial charge in [-0.05, 0) is 30.9 Å². The summed E-state index contributed by atoms with van der Waals surface area (Å²) in [6.07, 6.45) is 1.36. The lowest BCUT2D eigenvalue weighted by Crippen LogP contribution is -2.25. The molecule has 0 bridgehead atoms. The number of carbonyl (C=O) groups is 1. The highest BCUT2D eigenvalue weighted by atomic mass is 32.1. The standard InChI is InChI=1S/C17H21FN2OS/c1-11(2)10-15-20-12(3)16(22-15)17(21)19-9-8-13-6-4-5-7-14(13)18/h4-7,11H,8-10H2,1-3H3,(H,19,21). The molecule has 0 fully saturated rings. The van der Waals surface area contributed by atoms with Crippen molar-refractivity contribution in [3.05, 3.63) is 51.2 Å². The van der Waals surface area contributed by atoms with Crippen molar-refractivity contribution in [1.82, 2.24) is 10.3 Å². The molecule has 1 N–H and O–H groups in total. The number of aromatic nitrogens is 1. The number of nitrogens with one attached hydrogen (secondary N) is 1. The largest absolute Gasteiger partial charge is 0.351 e. The molecule has 118 valence electrons. The molecule has 0 saturated heterocycles. The summed E-state index contributed by atoms with van der Waals surface area (Å²) in [6, 6.07) is 6.63. The predicted octanol–water partition coefficient (Wildman–Crippen LogP) is 3.76. The Bertz CT molecular complexity index is 652. The molecule has 0 unspecified atom stereocenters. The molecule has 2 rings (SSSR count). The summed E-state index contributed by atoms with van der Waals surface area (Å²) in [4.78, 5) is 17.3. The third-order valence-electron chi connectivity index (χ3n) is 3.27. The third-order valence-corrected chi connectivity index (χ3v) is 4.45. The highest BCUT2D eigenvalue weighted by molar-refractivity contribution is 7.13. The van der Waals surface area contributed by atoms with E-state index >= 15 is 0 Å². The Hall–Kier alpha value is -1.75. The van der Waals surface area contributed by atoms with Gasteiger partial charge in [0.15, 0.2) is 0 Å². The number of nitrogens with zero attached hydrogens (tertiary/aromatic N) is 1. The number of carbonyl (C=O) groups excluding carboxylic acids is 1. The lowest BCUT2D eigenvalue weighted by molar-refractivity contribution is 0.0957. The van der Waals surface area contributed by atoms with Gasteiger partial charge >= 0.3 is 0 Å². The van der Waals surface area contributed by atoms with Crippen molar-refractivity contribution < 1.29 is 9.18 Å². The molecule has 1 amide bonds. The summed E-state index contributed by atoms with van der Waals surface area (Å²) < 4.78 is 13.5. The second kappa shape index (κ2) is 7.49. The quantitative estimate of drug-likeness (QED) is 0.880. The van der Waals surface area contributed by atoms with Gasteiger partial charge in [0, 0.05) is 13.0 Å². The van der Waals surface area contributed by atoms with Crippen LogP contribution in [0.5, 0.6) is 0 Å². The summed E-state index contributed by atoms with van der Waals surface area (Å²) in [5.74, 6) is 0.161. The van der Waals surface area contributed by atoms with Crippen LogP contribution in [0.1, 0.15) is 39.8 Å². The van der Waals surface area contributed by atoms with Crippen molar-refractivity contribution in [2.24, 2.45) is 5.92 Å². The van der Waals surface area contributed by atoms with Gasteiger partial charge in [-0.15, -0.1) is 11.3 Å². The van der Waals surface area contributed by atoms with E-state index in [0.29, 0.717) is 29.3 Å². The molecular weight excluding hydrogens is 299 g/mol. The topological polar surface area (TPSA) is 42.0 Å². The Morgan fingerprint density at radius 1 is 1.36 bits per heavy atom. The second-order valence-electron chi connectivity index (χ2n) is 5.72. The number of hydrogen-bond donors (Lipinski definition) is 1. The normalized spacial score (nSPS) is 11.0. The van der Waals surface area contributed by atoms with Crippen LogP contribution >= 0.6 is 11.3 Å². The van der Waals surface area contributed by atoms with E-state index in [1.54, 1.807) is 18.2 Å². The van der Waals surface area contributed by atoms with Crippen LogP contribution in [0.4, 0.5) is 4.39 Å². The fourth-order valence-electron chi connectivity index (χ4n) is 2.19. The summed E-state index contributed by atoms with van der Waals surface area (Å²) in [5.41, 5.74) is 1.38. The lowest BCUT2D eigenvalue weighted by atomic mass is 10.1. The molecule has 1 aromatic heterocycles. The first kappa shape index (κ1) is 16.6. The first-order chi connectivity index (χ1) is 10.5. The van der Waals surface area contributed by atoms with E-state index in [1.807, 2.05) is 6.92 Å². The fraction of sp³-hybridized carbons (Fsp3) is 0.412. The molecular formula is C17H21FN2OS. The maximum absolute atomic E-state index is 13.5. The van der Waals surface area contributed by atoms with Gasteiger partial charge in [0.25, 0.3) is 5.91 Å². The average molecular weight is 320 g/mol. The van der Waals surface area contributed by atoms with Gasteiger partial charge in [0.1, 0.15) is 10.7 Å². The van der Waals surface area contributed by atoms with Crippen LogP contribution in [-0.2, 0) is 12.8 Å². The Balaban J connectivity index is 1.92. The van der Waals surface area contributed by atoms with E-state index < -0.39 is 0 Å². The summed E-state index contributed by atoms with van der Waals surface area (Å²) in [7, 11) is 0. The van der Waals surface area contributed by atoms with E-state index in [9.17, 15) is 9.18 Å². The van der Waals surface area contributed by atoms with Crippen LogP contribution in [0, 0.1) is 18.7 Å². The van der Waals surface area contributed by atoms with Gasteiger partial charge in [0.2, 0.25) is 0 Å². The van der Waals surface area contributed by atoms with E-state index in [0.717, 1.165) is 17.1 Å². The Kier molecular flexibility index (Phi) is 5.66. The van der Waals surface area contributed by atoms with Crippen molar-refractivity contribution in [1.29, 1.82) is 0 Å². The van der Waals surface area contributed by atoms with Crippen LogP contribution in [0.3, 0.4) is 0 Å². The van der Waals surface area contributed by atoms with Crippen molar-refractivity contribution in [3.8, 4) is 0 Å². The second-order valence-corrected chi connectivity index (χ2v) is 6.80. The molecule has 0 saturated carbocycles. The number of thiazole rings is 1. The highest BCUT2D eigenvalue weighted by Gasteiger charge is 2.15. The Labute approximate surface area is 134 Å². The lowest BCUT2D eigenvalue weighted by Gasteiger charge is -2.05.